The average Bonchev–Trinajstić information content (AvgIpc) is 2.64. The highest BCUT2D eigenvalue weighted by Crippen LogP contribution is 2.34. The number of alkyl halides is 3. The van der Waals surface area contributed by atoms with Crippen molar-refractivity contribution in [1.29, 1.82) is 0 Å². The van der Waals surface area contributed by atoms with Gasteiger partial charge in [0.05, 0.1) is 32.0 Å². The lowest BCUT2D eigenvalue weighted by molar-refractivity contribution is -0.137. The molecule has 0 radical (unpaired) electrons. The molecule has 142 valence electrons. The lowest BCUT2D eigenvalue weighted by Gasteiger charge is -2.13. The van der Waals surface area contributed by atoms with Gasteiger partial charge in [0.2, 0.25) is 0 Å². The number of para-hydroxylation sites is 1. The zero-order chi connectivity index (χ0) is 19.9. The van der Waals surface area contributed by atoms with Crippen molar-refractivity contribution >= 4 is 11.7 Å². The molecule has 0 aliphatic rings. The van der Waals surface area contributed by atoms with Crippen LogP contribution in [0.15, 0.2) is 42.5 Å². The highest BCUT2D eigenvalue weighted by molar-refractivity contribution is 5.91. The quantitative estimate of drug-likeness (QED) is 0.794. The molecular weight excluding hydrogens is 361 g/mol. The van der Waals surface area contributed by atoms with Crippen molar-refractivity contribution < 1.29 is 27.4 Å². The van der Waals surface area contributed by atoms with Crippen molar-refractivity contribution in [2.24, 2.45) is 0 Å². The number of carbonyl (C=O) groups is 1. The third-order valence-corrected chi connectivity index (χ3v) is 3.44. The molecule has 0 unspecified atom stereocenters. The number of methoxy groups -OCH3 is 2. The van der Waals surface area contributed by atoms with Gasteiger partial charge in [-0.1, -0.05) is 30.0 Å². The van der Waals surface area contributed by atoms with E-state index in [4.69, 9.17) is 9.47 Å². The average molecular weight is 378 g/mol. The van der Waals surface area contributed by atoms with E-state index >= 15 is 0 Å². The lowest BCUT2D eigenvalue weighted by Crippen LogP contribution is -2.29. The van der Waals surface area contributed by atoms with Gasteiger partial charge in [0.1, 0.15) is 0 Å². The minimum absolute atomic E-state index is 0.135. The first-order chi connectivity index (χ1) is 12.9. The van der Waals surface area contributed by atoms with E-state index in [9.17, 15) is 18.0 Å². The largest absolute Gasteiger partial charge is 0.493 e. The molecule has 0 heterocycles. The number of nitrogens with one attached hydrogen (secondary N) is 2. The lowest BCUT2D eigenvalue weighted by atomic mass is 10.1. The van der Waals surface area contributed by atoms with E-state index < -0.39 is 17.8 Å². The molecule has 2 amide bonds. The Bertz CT molecular complexity index is 870. The fourth-order valence-corrected chi connectivity index (χ4v) is 2.26. The third kappa shape index (κ3) is 5.31. The summed E-state index contributed by atoms with van der Waals surface area (Å²) in [6.07, 6.45) is -4.49. The molecule has 27 heavy (non-hydrogen) atoms. The van der Waals surface area contributed by atoms with Crippen LogP contribution in [0.1, 0.15) is 11.1 Å². The van der Waals surface area contributed by atoms with Gasteiger partial charge in [0.25, 0.3) is 0 Å². The standard InChI is InChI=1S/C19H17F3N2O3/c1-26-16-11-5-10-15(17(16)27-2)24-18(25)23-12-6-8-13-7-3-4-9-14(13)19(20,21)22/h3-5,7,9-11H,12H2,1-2H3,(H2,23,24,25). The Morgan fingerprint density at radius 2 is 1.81 bits per heavy atom. The molecule has 0 spiro atoms. The molecule has 0 bridgehead atoms. The summed E-state index contributed by atoms with van der Waals surface area (Å²) in [6, 6.07) is 9.37. The van der Waals surface area contributed by atoms with Gasteiger partial charge in [-0.05, 0) is 24.3 Å². The first kappa shape index (κ1) is 20.0. The van der Waals surface area contributed by atoms with Crippen LogP contribution in [0.4, 0.5) is 23.7 Å². The minimum atomic E-state index is -4.49. The van der Waals surface area contributed by atoms with Gasteiger partial charge in [-0.25, -0.2) is 4.79 Å². The fourth-order valence-electron chi connectivity index (χ4n) is 2.26. The summed E-state index contributed by atoms with van der Waals surface area (Å²) in [5.74, 6) is 5.72. The number of amides is 2. The summed E-state index contributed by atoms with van der Waals surface area (Å²) >= 11 is 0. The monoisotopic (exact) mass is 378 g/mol. The third-order valence-electron chi connectivity index (χ3n) is 3.44. The Labute approximate surface area is 154 Å². The van der Waals surface area contributed by atoms with Crippen LogP contribution in [0, 0.1) is 11.8 Å². The van der Waals surface area contributed by atoms with Crippen molar-refractivity contribution in [2.45, 2.75) is 6.18 Å². The molecular formula is C19H17F3N2O3. The van der Waals surface area contributed by atoms with Gasteiger partial charge in [-0.2, -0.15) is 13.2 Å². The van der Waals surface area contributed by atoms with Gasteiger partial charge in [0, 0.05) is 5.56 Å². The second kappa shape index (κ2) is 8.85. The van der Waals surface area contributed by atoms with Crippen molar-refractivity contribution in [3.8, 4) is 23.3 Å². The second-order valence-corrected chi connectivity index (χ2v) is 5.19. The normalized spacial score (nSPS) is 10.4. The molecule has 2 aromatic carbocycles. The van der Waals surface area contributed by atoms with E-state index in [1.54, 1.807) is 18.2 Å². The maximum absolute atomic E-state index is 12.9. The van der Waals surface area contributed by atoms with Crippen LogP contribution in [-0.4, -0.2) is 26.8 Å². The highest BCUT2D eigenvalue weighted by Gasteiger charge is 2.32. The SMILES string of the molecule is COc1cccc(NC(=O)NCC#Cc2ccccc2C(F)(F)F)c1OC. The summed E-state index contributed by atoms with van der Waals surface area (Å²) in [4.78, 5) is 12.0. The van der Waals surface area contributed by atoms with Crippen LogP contribution in [-0.2, 0) is 6.18 Å². The van der Waals surface area contributed by atoms with E-state index in [0.717, 1.165) is 6.07 Å². The predicted molar refractivity (Wildman–Crippen MR) is 94.9 cm³/mol. The van der Waals surface area contributed by atoms with Crippen molar-refractivity contribution in [3.05, 3.63) is 53.6 Å². The zero-order valence-corrected chi connectivity index (χ0v) is 14.6. The van der Waals surface area contributed by atoms with Gasteiger partial charge < -0.3 is 20.1 Å². The Kier molecular flexibility index (Phi) is 6.55. The van der Waals surface area contributed by atoms with Crippen molar-refractivity contribution in [2.75, 3.05) is 26.1 Å². The van der Waals surface area contributed by atoms with Crippen LogP contribution < -0.4 is 20.1 Å². The van der Waals surface area contributed by atoms with Crippen LogP contribution in [0.25, 0.3) is 0 Å². The molecule has 0 saturated heterocycles. The van der Waals surface area contributed by atoms with E-state index in [2.05, 4.69) is 22.5 Å². The molecule has 0 atom stereocenters. The molecule has 5 nitrogen and oxygen atoms in total. The maximum atomic E-state index is 12.9. The molecule has 0 aromatic heterocycles. The van der Waals surface area contributed by atoms with Gasteiger partial charge in [0.15, 0.2) is 11.5 Å². The molecule has 0 aliphatic carbocycles. The number of anilines is 1. The number of halogens is 3. The minimum Gasteiger partial charge on any atom is -0.493 e. The number of benzene rings is 2. The molecule has 2 rings (SSSR count). The van der Waals surface area contributed by atoms with Gasteiger partial charge in [-0.15, -0.1) is 0 Å². The molecule has 2 aromatic rings. The Morgan fingerprint density at radius 3 is 2.48 bits per heavy atom. The highest BCUT2D eigenvalue weighted by atomic mass is 19.4. The van der Waals surface area contributed by atoms with Crippen molar-refractivity contribution in [1.82, 2.24) is 5.32 Å². The van der Waals surface area contributed by atoms with Crippen LogP contribution in [0.2, 0.25) is 0 Å². The summed E-state index contributed by atoms with van der Waals surface area (Å²) < 4.78 is 49.0. The van der Waals surface area contributed by atoms with E-state index in [-0.39, 0.29) is 12.1 Å². The van der Waals surface area contributed by atoms with Crippen molar-refractivity contribution in [3.63, 3.8) is 0 Å². The van der Waals surface area contributed by atoms with E-state index in [1.807, 2.05) is 0 Å². The van der Waals surface area contributed by atoms with E-state index in [1.165, 1.54) is 32.4 Å². The number of urea groups is 1. The van der Waals surface area contributed by atoms with Crippen LogP contribution in [0.3, 0.4) is 0 Å². The summed E-state index contributed by atoms with van der Waals surface area (Å²) in [5.41, 5.74) is -0.588. The molecule has 0 saturated carbocycles. The smallest absolute Gasteiger partial charge is 0.417 e. The predicted octanol–water partition coefficient (Wildman–Crippen LogP) is 3.90. The maximum Gasteiger partial charge on any atom is 0.417 e. The molecule has 2 N–H and O–H groups in total. The number of rotatable bonds is 4. The molecule has 0 aliphatic heterocycles. The molecule has 0 fully saturated rings. The molecule has 8 heteroatoms. The van der Waals surface area contributed by atoms with Gasteiger partial charge >= 0.3 is 12.2 Å². The summed E-state index contributed by atoms with van der Waals surface area (Å²) in [5, 5.41) is 5.01. The first-order valence-corrected chi connectivity index (χ1v) is 7.77. The topological polar surface area (TPSA) is 59.6 Å². The summed E-state index contributed by atoms with van der Waals surface area (Å²) in [6.45, 7) is -0.135. The van der Waals surface area contributed by atoms with Crippen LogP contribution in [0.5, 0.6) is 11.5 Å². The Morgan fingerprint density at radius 1 is 1.07 bits per heavy atom. The first-order valence-electron chi connectivity index (χ1n) is 7.77. The Balaban J connectivity index is 2.00. The fraction of sp³-hybridized carbons (Fsp3) is 0.211. The number of hydrogen-bond acceptors (Lipinski definition) is 3. The number of ether oxygens (including phenoxy) is 2. The summed E-state index contributed by atoms with van der Waals surface area (Å²) in [7, 11) is 2.90. The number of hydrogen-bond donors (Lipinski definition) is 2. The number of carbonyl (C=O) groups excluding carboxylic acids is 1. The zero-order valence-electron chi connectivity index (χ0n) is 14.6. The van der Waals surface area contributed by atoms with Gasteiger partial charge in [-0.3, -0.25) is 0 Å². The second-order valence-electron chi connectivity index (χ2n) is 5.19. The Hall–Kier alpha value is -3.34. The van der Waals surface area contributed by atoms with Crippen LogP contribution >= 0.6 is 0 Å². The van der Waals surface area contributed by atoms with E-state index in [0.29, 0.717) is 17.2 Å².